The monoisotopic (exact) mass is 358 g/mol. The maximum atomic E-state index is 13.7. The molecule has 0 aromatic heterocycles. The molecule has 2 aromatic carbocycles. The third-order valence-corrected chi connectivity index (χ3v) is 4.67. The highest BCUT2D eigenvalue weighted by Crippen LogP contribution is 2.26. The van der Waals surface area contributed by atoms with Crippen LogP contribution in [0.15, 0.2) is 42.5 Å². The van der Waals surface area contributed by atoms with E-state index in [0.717, 1.165) is 18.9 Å². The molecule has 1 N–H and O–H groups in total. The molecule has 4 rings (SSSR count). The van der Waals surface area contributed by atoms with Crippen molar-refractivity contribution >= 4 is 5.91 Å². The van der Waals surface area contributed by atoms with Crippen LogP contribution in [0.25, 0.3) is 0 Å². The smallest absolute Gasteiger partial charge is 0.255 e. The van der Waals surface area contributed by atoms with Crippen molar-refractivity contribution in [2.75, 3.05) is 13.1 Å². The molecule has 0 atom stereocenters. The quantitative estimate of drug-likeness (QED) is 0.863. The summed E-state index contributed by atoms with van der Waals surface area (Å²) in [5, 5.41) is 2.97. The largest absolute Gasteiger partial charge is 0.487 e. The summed E-state index contributed by atoms with van der Waals surface area (Å²) in [5.41, 5.74) is 1.01. The number of benzene rings is 2. The van der Waals surface area contributed by atoms with Crippen LogP contribution in [0.4, 0.5) is 8.78 Å². The van der Waals surface area contributed by atoms with E-state index in [4.69, 9.17) is 4.74 Å². The number of hydrogen-bond donors (Lipinski definition) is 1. The second kappa shape index (κ2) is 7.03. The van der Waals surface area contributed by atoms with Gasteiger partial charge in [0.2, 0.25) is 0 Å². The van der Waals surface area contributed by atoms with Gasteiger partial charge in [-0.2, -0.15) is 0 Å². The number of halogens is 2. The van der Waals surface area contributed by atoms with Gasteiger partial charge in [0.05, 0.1) is 5.56 Å². The standard InChI is InChI=1S/C20H20F2N2O2/c21-14-6-5-13(18(22)9-14)10-24-11-16(12-24)26-19-4-2-1-3-17(19)20(25)23-15-7-8-15/h1-6,9,15-16H,7-8,10-12H2,(H,23,25). The summed E-state index contributed by atoms with van der Waals surface area (Å²) in [6, 6.07) is 11.1. The van der Waals surface area contributed by atoms with Gasteiger partial charge in [-0.15, -0.1) is 0 Å². The lowest BCUT2D eigenvalue weighted by molar-refractivity contribution is 0.0134. The van der Waals surface area contributed by atoms with Crippen molar-refractivity contribution in [1.29, 1.82) is 0 Å². The minimum Gasteiger partial charge on any atom is -0.487 e. The summed E-state index contributed by atoms with van der Waals surface area (Å²) < 4.78 is 32.7. The van der Waals surface area contributed by atoms with Crippen molar-refractivity contribution in [2.45, 2.75) is 31.5 Å². The molecule has 136 valence electrons. The van der Waals surface area contributed by atoms with Crippen molar-refractivity contribution in [3.63, 3.8) is 0 Å². The lowest BCUT2D eigenvalue weighted by Crippen LogP contribution is -2.53. The molecule has 1 aliphatic carbocycles. The third-order valence-electron chi connectivity index (χ3n) is 4.67. The number of amides is 1. The number of para-hydroxylation sites is 1. The Kier molecular flexibility index (Phi) is 4.59. The van der Waals surface area contributed by atoms with Gasteiger partial charge < -0.3 is 10.1 Å². The normalized spacial score (nSPS) is 17.6. The van der Waals surface area contributed by atoms with E-state index in [1.54, 1.807) is 12.1 Å². The summed E-state index contributed by atoms with van der Waals surface area (Å²) in [6.45, 7) is 1.68. The molecular weight excluding hydrogens is 338 g/mol. The van der Waals surface area contributed by atoms with Crippen molar-refractivity contribution in [2.24, 2.45) is 0 Å². The van der Waals surface area contributed by atoms with Crippen LogP contribution >= 0.6 is 0 Å². The molecule has 1 heterocycles. The van der Waals surface area contributed by atoms with Gasteiger partial charge >= 0.3 is 0 Å². The zero-order valence-electron chi connectivity index (χ0n) is 14.3. The summed E-state index contributed by atoms with van der Waals surface area (Å²) >= 11 is 0. The van der Waals surface area contributed by atoms with E-state index in [0.29, 0.717) is 42.6 Å². The Bertz CT molecular complexity index is 817. The Morgan fingerprint density at radius 3 is 2.65 bits per heavy atom. The van der Waals surface area contributed by atoms with Gasteiger partial charge in [-0.3, -0.25) is 9.69 Å². The molecule has 1 saturated carbocycles. The van der Waals surface area contributed by atoms with Crippen LogP contribution in [0.3, 0.4) is 0 Å². The molecule has 26 heavy (non-hydrogen) atoms. The molecule has 0 bridgehead atoms. The molecule has 4 nitrogen and oxygen atoms in total. The first-order chi connectivity index (χ1) is 12.6. The molecule has 2 fully saturated rings. The van der Waals surface area contributed by atoms with E-state index in [9.17, 15) is 13.6 Å². The zero-order chi connectivity index (χ0) is 18.1. The molecule has 0 spiro atoms. The first kappa shape index (κ1) is 17.0. The lowest BCUT2D eigenvalue weighted by atomic mass is 10.1. The van der Waals surface area contributed by atoms with E-state index < -0.39 is 11.6 Å². The lowest BCUT2D eigenvalue weighted by Gasteiger charge is -2.39. The molecule has 2 aliphatic rings. The second-order valence-corrected chi connectivity index (χ2v) is 6.91. The molecule has 1 aliphatic heterocycles. The first-order valence-electron chi connectivity index (χ1n) is 8.81. The Labute approximate surface area is 150 Å². The molecule has 0 unspecified atom stereocenters. The van der Waals surface area contributed by atoms with Gasteiger partial charge in [0.25, 0.3) is 5.91 Å². The molecular formula is C20H20F2N2O2. The maximum absolute atomic E-state index is 13.7. The predicted octanol–water partition coefficient (Wildman–Crippen LogP) is 3.12. The SMILES string of the molecule is O=C(NC1CC1)c1ccccc1OC1CN(Cc2ccc(F)cc2F)C1. The average Bonchev–Trinajstić information content (AvgIpc) is 3.39. The van der Waals surface area contributed by atoms with Crippen LogP contribution in [0.1, 0.15) is 28.8 Å². The fraction of sp³-hybridized carbons (Fsp3) is 0.350. The number of nitrogens with one attached hydrogen (secondary N) is 1. The number of rotatable bonds is 6. The third kappa shape index (κ3) is 3.85. The highest BCUT2D eigenvalue weighted by Gasteiger charge is 2.31. The summed E-state index contributed by atoms with van der Waals surface area (Å²) in [7, 11) is 0. The summed E-state index contributed by atoms with van der Waals surface area (Å²) in [4.78, 5) is 14.3. The van der Waals surface area contributed by atoms with Crippen LogP contribution in [-0.4, -0.2) is 36.0 Å². The first-order valence-corrected chi connectivity index (χ1v) is 8.81. The zero-order valence-corrected chi connectivity index (χ0v) is 14.3. The number of carbonyl (C=O) groups is 1. The Morgan fingerprint density at radius 1 is 1.15 bits per heavy atom. The van der Waals surface area contributed by atoms with Crippen LogP contribution in [0, 0.1) is 11.6 Å². The van der Waals surface area contributed by atoms with Gasteiger partial charge in [0, 0.05) is 37.3 Å². The summed E-state index contributed by atoms with van der Waals surface area (Å²) in [5.74, 6) is -0.635. The van der Waals surface area contributed by atoms with Crippen molar-refractivity contribution in [3.05, 3.63) is 65.2 Å². The molecule has 1 amide bonds. The molecule has 2 aromatic rings. The topological polar surface area (TPSA) is 41.6 Å². The van der Waals surface area contributed by atoms with Gasteiger partial charge in [-0.1, -0.05) is 18.2 Å². The van der Waals surface area contributed by atoms with Crippen molar-refractivity contribution < 1.29 is 18.3 Å². The Hall–Kier alpha value is -2.47. The molecule has 6 heteroatoms. The van der Waals surface area contributed by atoms with Crippen molar-refractivity contribution in [3.8, 4) is 5.75 Å². The minimum atomic E-state index is -0.572. The average molecular weight is 358 g/mol. The number of ether oxygens (including phenoxy) is 1. The van der Waals surface area contributed by atoms with Gasteiger partial charge in [-0.05, 0) is 31.0 Å². The number of likely N-dealkylation sites (tertiary alicyclic amines) is 1. The van der Waals surface area contributed by atoms with Gasteiger partial charge in [0.1, 0.15) is 23.5 Å². The van der Waals surface area contributed by atoms with Crippen LogP contribution in [0.2, 0.25) is 0 Å². The van der Waals surface area contributed by atoms with Crippen LogP contribution in [0.5, 0.6) is 5.75 Å². The number of carbonyl (C=O) groups excluding carboxylic acids is 1. The van der Waals surface area contributed by atoms with E-state index in [2.05, 4.69) is 5.32 Å². The van der Waals surface area contributed by atoms with Gasteiger partial charge in [0.15, 0.2) is 0 Å². The van der Waals surface area contributed by atoms with E-state index in [1.807, 2.05) is 17.0 Å². The number of hydrogen-bond acceptors (Lipinski definition) is 3. The van der Waals surface area contributed by atoms with E-state index in [1.165, 1.54) is 12.1 Å². The molecule has 1 saturated heterocycles. The van der Waals surface area contributed by atoms with E-state index in [-0.39, 0.29) is 12.0 Å². The Balaban J connectivity index is 1.33. The van der Waals surface area contributed by atoms with E-state index >= 15 is 0 Å². The fourth-order valence-corrected chi connectivity index (χ4v) is 3.04. The van der Waals surface area contributed by atoms with Crippen LogP contribution in [-0.2, 0) is 6.54 Å². The number of nitrogens with zero attached hydrogens (tertiary/aromatic N) is 1. The van der Waals surface area contributed by atoms with Crippen molar-refractivity contribution in [1.82, 2.24) is 10.2 Å². The second-order valence-electron chi connectivity index (χ2n) is 6.91. The van der Waals surface area contributed by atoms with Gasteiger partial charge in [-0.25, -0.2) is 8.78 Å². The Morgan fingerprint density at radius 2 is 1.92 bits per heavy atom. The molecule has 0 radical (unpaired) electrons. The fourth-order valence-electron chi connectivity index (χ4n) is 3.04. The summed E-state index contributed by atoms with van der Waals surface area (Å²) in [6.07, 6.45) is 2.02. The highest BCUT2D eigenvalue weighted by molar-refractivity contribution is 5.97. The predicted molar refractivity (Wildman–Crippen MR) is 93.0 cm³/mol. The minimum absolute atomic E-state index is 0.0478. The van der Waals surface area contributed by atoms with Crippen LogP contribution < -0.4 is 10.1 Å². The highest BCUT2D eigenvalue weighted by atomic mass is 19.1. The maximum Gasteiger partial charge on any atom is 0.255 e.